The predicted octanol–water partition coefficient (Wildman–Crippen LogP) is 0.708. The lowest BCUT2D eigenvalue weighted by Gasteiger charge is -2.61. The van der Waals surface area contributed by atoms with E-state index in [1.165, 1.54) is 11.8 Å². The van der Waals surface area contributed by atoms with E-state index in [0.29, 0.717) is 22.5 Å². The first-order chi connectivity index (χ1) is 18.5. The summed E-state index contributed by atoms with van der Waals surface area (Å²) in [5, 5.41) is 23.5. The summed E-state index contributed by atoms with van der Waals surface area (Å²) in [4.78, 5) is 74.5. The van der Waals surface area contributed by atoms with Gasteiger partial charge in [0.1, 0.15) is 5.75 Å². The van der Waals surface area contributed by atoms with E-state index in [2.05, 4.69) is 4.98 Å². The van der Waals surface area contributed by atoms with Gasteiger partial charge in [-0.25, -0.2) is 0 Å². The Morgan fingerprint density at radius 3 is 2.27 bits per heavy atom. The first-order valence-corrected chi connectivity index (χ1v) is 13.1. The van der Waals surface area contributed by atoms with E-state index in [1.807, 2.05) is 4.90 Å². The van der Waals surface area contributed by atoms with Gasteiger partial charge in [0.05, 0.1) is 17.5 Å². The fourth-order valence-corrected chi connectivity index (χ4v) is 7.87. The minimum Gasteiger partial charge on any atom is -0.506 e. The number of carbonyl (C=O) groups is 5. The highest BCUT2D eigenvalue weighted by Crippen LogP contribution is 2.62. The van der Waals surface area contributed by atoms with Crippen molar-refractivity contribution in [2.24, 2.45) is 28.4 Å². The second-order valence-electron chi connectivity index (χ2n) is 12.4. The Bertz CT molecular complexity index is 1500. The van der Waals surface area contributed by atoms with Gasteiger partial charge in [-0.3, -0.25) is 28.9 Å². The SMILES string of the molecule is CN(C)c1cc(-c2ccc[nH]2)c(O)c2c1C[C@@]1(C)C[C@@]3(C)[C@H](N(C)C)C(=O)C(C(N)=O)C(=O)[C@@]3(O)C(=O)C1C2=O. The number of nitrogens with zero attached hydrogens (tertiary/aromatic N) is 2. The predicted molar refractivity (Wildman–Crippen MR) is 145 cm³/mol. The van der Waals surface area contributed by atoms with Gasteiger partial charge in [0.25, 0.3) is 0 Å². The average molecular weight is 551 g/mol. The number of phenolic OH excluding ortho intramolecular Hbond substituents is 1. The van der Waals surface area contributed by atoms with Crippen LogP contribution in [0.15, 0.2) is 24.4 Å². The smallest absolute Gasteiger partial charge is 0.235 e. The summed E-state index contributed by atoms with van der Waals surface area (Å²) in [7, 11) is 6.74. The molecule has 3 aliphatic rings. The molecule has 11 nitrogen and oxygen atoms in total. The van der Waals surface area contributed by atoms with Crippen LogP contribution in [0.4, 0.5) is 5.69 Å². The van der Waals surface area contributed by atoms with Gasteiger partial charge in [-0.2, -0.15) is 0 Å². The second-order valence-corrected chi connectivity index (χ2v) is 12.4. The largest absolute Gasteiger partial charge is 0.506 e. The summed E-state index contributed by atoms with van der Waals surface area (Å²) in [5.41, 5.74) is 1.88. The standard InChI is InChI=1S/C29H34N4O7/c1-27-11-14-16(32(3)4)10-13(15-8-7-9-31-15)20(34)17(14)21(35)19(27)25(38)29(40)24(37)18(26(30)39)22(36)23(33(5)6)28(29,2)12-27/h7-10,18-19,23,31,34,40H,11-12H2,1-6H3,(H2,30,39)/t18?,19?,23-,27+,28+,29-/m1/s1. The van der Waals surface area contributed by atoms with Gasteiger partial charge in [0.2, 0.25) is 5.91 Å². The highest BCUT2D eigenvalue weighted by Gasteiger charge is 2.76. The molecule has 1 aromatic heterocycles. The minimum absolute atomic E-state index is 0.0474. The van der Waals surface area contributed by atoms with Gasteiger partial charge in [0.15, 0.2) is 34.7 Å². The summed E-state index contributed by atoms with van der Waals surface area (Å²) in [5.74, 6) is -8.99. The van der Waals surface area contributed by atoms with Crippen LogP contribution in [0, 0.1) is 22.7 Å². The highest BCUT2D eigenvalue weighted by molar-refractivity contribution is 6.33. The summed E-state index contributed by atoms with van der Waals surface area (Å²) in [6, 6.07) is 4.05. The molecule has 1 aromatic carbocycles. The zero-order chi connectivity index (χ0) is 29.7. The van der Waals surface area contributed by atoms with E-state index in [0.717, 1.165) is 0 Å². The molecule has 2 saturated carbocycles. The molecule has 0 aliphatic heterocycles. The van der Waals surface area contributed by atoms with Gasteiger partial charge in [0, 0.05) is 42.7 Å². The molecular weight excluding hydrogens is 516 g/mol. The molecule has 3 aliphatic carbocycles. The Kier molecular flexibility index (Phi) is 5.95. The molecule has 212 valence electrons. The van der Waals surface area contributed by atoms with E-state index in [4.69, 9.17) is 5.73 Å². The van der Waals surface area contributed by atoms with Crippen LogP contribution in [0.1, 0.15) is 36.2 Å². The number of nitrogens with one attached hydrogen (secondary N) is 1. The maximum Gasteiger partial charge on any atom is 0.235 e. The molecule has 0 bridgehead atoms. The van der Waals surface area contributed by atoms with Crippen molar-refractivity contribution in [2.45, 2.75) is 38.3 Å². The van der Waals surface area contributed by atoms with Crippen LogP contribution in [0.2, 0.25) is 0 Å². The number of phenols is 1. The molecule has 2 aromatic rings. The molecule has 1 heterocycles. The Morgan fingerprint density at radius 2 is 1.75 bits per heavy atom. The molecule has 2 unspecified atom stereocenters. The maximum atomic E-state index is 14.4. The van der Waals surface area contributed by atoms with Crippen molar-refractivity contribution in [3.8, 4) is 17.0 Å². The lowest BCUT2D eigenvalue weighted by Crippen LogP contribution is -2.79. The van der Waals surface area contributed by atoms with E-state index in [1.54, 1.807) is 59.5 Å². The number of aromatic amines is 1. The fourth-order valence-electron chi connectivity index (χ4n) is 7.87. The van der Waals surface area contributed by atoms with Crippen LogP contribution in [0.3, 0.4) is 0 Å². The zero-order valence-electron chi connectivity index (χ0n) is 23.4. The number of H-pyrrole nitrogens is 1. The summed E-state index contributed by atoms with van der Waals surface area (Å²) >= 11 is 0. The molecular formula is C29H34N4O7. The number of rotatable bonds is 4. The first-order valence-electron chi connectivity index (χ1n) is 13.1. The summed E-state index contributed by atoms with van der Waals surface area (Å²) < 4.78 is 0. The number of aromatic nitrogens is 1. The van der Waals surface area contributed by atoms with Gasteiger partial charge in [-0.05, 0) is 56.1 Å². The van der Waals surface area contributed by atoms with Crippen LogP contribution in [0.5, 0.6) is 5.75 Å². The van der Waals surface area contributed by atoms with Crippen molar-refractivity contribution in [3.63, 3.8) is 0 Å². The Morgan fingerprint density at radius 1 is 1.10 bits per heavy atom. The van der Waals surface area contributed by atoms with Crippen LogP contribution >= 0.6 is 0 Å². The van der Waals surface area contributed by atoms with E-state index < -0.39 is 63.3 Å². The van der Waals surface area contributed by atoms with Crippen molar-refractivity contribution in [2.75, 3.05) is 33.1 Å². The number of Topliss-reactive ketones (excluding diaryl/α,β-unsaturated/α-hetero) is 4. The minimum atomic E-state index is -2.83. The summed E-state index contributed by atoms with van der Waals surface area (Å²) in [6.07, 6.45) is 1.77. The molecule has 2 fully saturated rings. The van der Waals surface area contributed by atoms with Crippen molar-refractivity contribution >= 4 is 34.7 Å². The third-order valence-electron chi connectivity index (χ3n) is 9.33. The second kappa shape index (κ2) is 8.58. The number of benzene rings is 1. The lowest BCUT2D eigenvalue weighted by molar-refractivity contribution is -0.203. The molecule has 6 atom stereocenters. The molecule has 0 saturated heterocycles. The topological polar surface area (TPSA) is 174 Å². The van der Waals surface area contributed by atoms with Gasteiger partial charge >= 0.3 is 0 Å². The average Bonchev–Trinajstić information content (AvgIpc) is 3.35. The number of anilines is 1. The Balaban J connectivity index is 1.77. The monoisotopic (exact) mass is 550 g/mol. The third-order valence-corrected chi connectivity index (χ3v) is 9.33. The maximum absolute atomic E-state index is 14.4. The fraction of sp³-hybridized carbons (Fsp3) is 0.483. The number of nitrogens with two attached hydrogens (primary N) is 1. The molecule has 5 rings (SSSR count). The normalized spacial score (nSPS) is 33.5. The van der Waals surface area contributed by atoms with Crippen molar-refractivity contribution in [3.05, 3.63) is 35.5 Å². The molecule has 0 radical (unpaired) electrons. The number of amides is 1. The van der Waals surface area contributed by atoms with Crippen molar-refractivity contribution in [1.29, 1.82) is 0 Å². The number of aromatic hydroxyl groups is 1. The number of ketones is 4. The Labute approximate surface area is 231 Å². The van der Waals surface area contributed by atoms with Crippen LogP contribution in [-0.2, 0) is 25.6 Å². The number of fused-ring (bicyclic) bond motifs is 3. The van der Waals surface area contributed by atoms with E-state index >= 15 is 0 Å². The van der Waals surface area contributed by atoms with Crippen LogP contribution in [-0.4, -0.2) is 89.0 Å². The van der Waals surface area contributed by atoms with Gasteiger partial charge < -0.3 is 25.8 Å². The van der Waals surface area contributed by atoms with E-state index in [9.17, 15) is 34.2 Å². The molecule has 5 N–H and O–H groups in total. The van der Waals surface area contributed by atoms with E-state index in [-0.39, 0.29) is 24.2 Å². The van der Waals surface area contributed by atoms with Crippen LogP contribution < -0.4 is 10.6 Å². The third kappa shape index (κ3) is 3.27. The number of carbonyl (C=O) groups excluding carboxylic acids is 5. The van der Waals surface area contributed by atoms with Crippen molar-refractivity contribution < 1.29 is 34.2 Å². The summed E-state index contributed by atoms with van der Waals surface area (Å²) in [6.45, 7) is 3.22. The zero-order valence-corrected chi connectivity index (χ0v) is 23.4. The lowest BCUT2D eigenvalue weighted by atomic mass is 9.42. The molecule has 11 heteroatoms. The quantitative estimate of drug-likeness (QED) is 0.400. The number of aliphatic hydroxyl groups is 1. The number of primary amides is 1. The number of likely N-dealkylation sites (N-methyl/N-ethyl adjacent to an activating group) is 1. The van der Waals surface area contributed by atoms with Gasteiger partial charge in [-0.15, -0.1) is 0 Å². The molecule has 1 amide bonds. The number of hydrogen-bond donors (Lipinski definition) is 4. The molecule has 0 spiro atoms. The number of hydrogen-bond acceptors (Lipinski definition) is 9. The van der Waals surface area contributed by atoms with Gasteiger partial charge in [-0.1, -0.05) is 13.8 Å². The molecule has 40 heavy (non-hydrogen) atoms. The Hall–Kier alpha value is -3.83. The van der Waals surface area contributed by atoms with Crippen molar-refractivity contribution in [1.82, 2.24) is 9.88 Å². The highest BCUT2D eigenvalue weighted by atomic mass is 16.3. The first kappa shape index (κ1) is 27.7. The van der Waals surface area contributed by atoms with Crippen LogP contribution in [0.25, 0.3) is 11.3 Å².